The molecule has 6 rings (SSSR count). The van der Waals surface area contributed by atoms with Crippen LogP contribution in [0.1, 0.15) is 0 Å². The largest absolute Gasteiger partial charge is 0.490 e. The van der Waals surface area contributed by atoms with Gasteiger partial charge in [-0.15, -0.1) is 0 Å². The minimum Gasteiger partial charge on any atom is -0.490 e. The van der Waals surface area contributed by atoms with Crippen molar-refractivity contribution < 1.29 is 42.3 Å². The summed E-state index contributed by atoms with van der Waals surface area (Å²) in [5.41, 5.74) is 0. The van der Waals surface area contributed by atoms with Crippen LogP contribution in [0.15, 0.2) is 170 Å². The first-order valence-electron chi connectivity index (χ1n) is 19.9. The Morgan fingerprint density at radius 1 is 0.271 bits per heavy atom. The number of rotatable bonds is 26. The molecule has 6 aromatic carbocycles. The van der Waals surface area contributed by atoms with Gasteiger partial charge < -0.3 is 42.3 Å². The summed E-state index contributed by atoms with van der Waals surface area (Å²) in [6.45, 7) is 4.83. The van der Waals surface area contributed by atoms with E-state index < -0.39 is 14.3 Å². The smallest absolute Gasteiger partial charge is 0.174 e. The van der Waals surface area contributed by atoms with Crippen LogP contribution in [-0.2, 0) is 32.8 Å². The first kappa shape index (κ1) is 43.8. The van der Waals surface area contributed by atoms with Crippen LogP contribution in [0, 0.1) is 0 Å². The van der Waals surface area contributed by atoms with Gasteiger partial charge in [-0.05, 0) is 24.3 Å². The molecule has 0 fully saturated rings. The number of hydrogen-bond donors (Lipinski definition) is 0. The molecule has 6 aromatic rings. The van der Waals surface area contributed by atoms with Gasteiger partial charge in [-0.3, -0.25) is 0 Å². The molecule has 11 heteroatoms. The summed E-state index contributed by atoms with van der Waals surface area (Å²) in [6.07, 6.45) is 0. The van der Waals surface area contributed by atoms with Gasteiger partial charge in [-0.2, -0.15) is 0 Å². The first-order valence-corrected chi connectivity index (χ1v) is 23.3. The van der Waals surface area contributed by atoms with Gasteiger partial charge in [0.05, 0.1) is 76.7 Å². The Kier molecular flexibility index (Phi) is 17.6. The van der Waals surface area contributed by atoms with Crippen LogP contribution in [0.3, 0.4) is 0 Å². The summed E-state index contributed by atoms with van der Waals surface area (Å²) in [7, 11) is -6.32. The number of para-hydroxylation sites is 2. The quantitative estimate of drug-likeness (QED) is 0.0448. The maximum Gasteiger partial charge on any atom is 0.174 e. The lowest BCUT2D eigenvalue weighted by Crippen LogP contribution is -2.26. The van der Waals surface area contributed by atoms with E-state index in [9.17, 15) is 9.13 Å². The Balaban J connectivity index is 0.795. The number of benzene rings is 6. The van der Waals surface area contributed by atoms with Crippen LogP contribution < -0.4 is 41.3 Å². The molecule has 0 aliphatic carbocycles. The van der Waals surface area contributed by atoms with E-state index in [4.69, 9.17) is 33.2 Å². The molecular formula is C48H52O9P2. The SMILES string of the molecule is O=P(c1ccccc1)(c1ccccc1)c1ccccc1OCCOCCOCCOCCOCCOCCOc1ccccc1P(=O)(c1ccccc1)c1ccccc1. The Bertz CT molecular complexity index is 1950. The van der Waals surface area contributed by atoms with Gasteiger partial charge in [0, 0.05) is 21.2 Å². The van der Waals surface area contributed by atoms with E-state index in [-0.39, 0.29) is 0 Å². The Labute approximate surface area is 347 Å². The summed E-state index contributed by atoms with van der Waals surface area (Å²) >= 11 is 0. The summed E-state index contributed by atoms with van der Waals surface area (Å²) in [4.78, 5) is 0. The van der Waals surface area contributed by atoms with E-state index in [0.717, 1.165) is 21.2 Å². The maximum absolute atomic E-state index is 14.8. The van der Waals surface area contributed by atoms with Crippen LogP contribution in [-0.4, -0.2) is 79.3 Å². The normalized spacial score (nSPS) is 11.7. The molecule has 0 atom stereocenters. The number of ether oxygens (including phenoxy) is 7. The van der Waals surface area contributed by atoms with Gasteiger partial charge in [-0.1, -0.05) is 146 Å². The second kappa shape index (κ2) is 23.7. The lowest BCUT2D eigenvalue weighted by molar-refractivity contribution is -0.0141. The molecule has 0 bridgehead atoms. The van der Waals surface area contributed by atoms with E-state index >= 15 is 0 Å². The molecule has 0 unspecified atom stereocenters. The van der Waals surface area contributed by atoms with Crippen LogP contribution in [0.2, 0.25) is 0 Å². The van der Waals surface area contributed by atoms with Gasteiger partial charge in [0.2, 0.25) is 0 Å². The summed E-state index contributed by atoms with van der Waals surface area (Å²) in [5, 5.41) is 4.36. The average molecular weight is 835 g/mol. The van der Waals surface area contributed by atoms with Crippen molar-refractivity contribution in [1.29, 1.82) is 0 Å². The molecule has 0 aromatic heterocycles. The molecule has 308 valence electrons. The van der Waals surface area contributed by atoms with Crippen LogP contribution >= 0.6 is 14.3 Å². The minimum absolute atomic E-state index is 0.311. The zero-order chi connectivity index (χ0) is 40.9. The molecule has 9 nitrogen and oxygen atoms in total. The fourth-order valence-corrected chi connectivity index (χ4v) is 12.1. The lowest BCUT2D eigenvalue weighted by Gasteiger charge is -2.22. The summed E-state index contributed by atoms with van der Waals surface area (Å²) < 4.78 is 70.1. The average Bonchev–Trinajstić information content (AvgIpc) is 3.30. The molecule has 0 N–H and O–H groups in total. The van der Waals surface area contributed by atoms with E-state index in [1.54, 1.807) is 0 Å². The standard InChI is InChI=1S/C48H52O9P2/c49-58(41-17-5-1-6-18-41,42-19-7-2-8-20-42)47-27-15-13-25-45(47)56-39-37-54-35-33-52-31-29-51-30-32-53-34-36-55-38-40-57-46-26-14-16-28-48(46)59(50,43-21-9-3-10-22-43)44-23-11-4-12-24-44/h1-28H,29-40H2. The van der Waals surface area contributed by atoms with Crippen molar-refractivity contribution in [1.82, 2.24) is 0 Å². The first-order chi connectivity index (χ1) is 29.1. The van der Waals surface area contributed by atoms with Crippen LogP contribution in [0.4, 0.5) is 0 Å². The highest BCUT2D eigenvalue weighted by Crippen LogP contribution is 2.46. The van der Waals surface area contributed by atoms with E-state index in [1.807, 2.05) is 170 Å². The van der Waals surface area contributed by atoms with Crippen molar-refractivity contribution in [2.24, 2.45) is 0 Å². The van der Waals surface area contributed by atoms with Gasteiger partial charge in [0.25, 0.3) is 0 Å². The molecule has 0 radical (unpaired) electrons. The Hall–Kier alpha value is -4.82. The van der Waals surface area contributed by atoms with E-state index in [2.05, 4.69) is 0 Å². The van der Waals surface area contributed by atoms with Crippen molar-refractivity contribution in [3.8, 4) is 11.5 Å². The minimum atomic E-state index is -3.16. The third-order valence-electron chi connectivity index (χ3n) is 9.35. The lowest BCUT2D eigenvalue weighted by atomic mass is 10.3. The van der Waals surface area contributed by atoms with Gasteiger partial charge in [0.1, 0.15) is 24.7 Å². The van der Waals surface area contributed by atoms with Crippen molar-refractivity contribution in [2.45, 2.75) is 0 Å². The second-order valence-corrected chi connectivity index (χ2v) is 18.7. The predicted octanol–water partition coefficient (Wildman–Crippen LogP) is 6.51. The van der Waals surface area contributed by atoms with Crippen molar-refractivity contribution in [3.05, 3.63) is 170 Å². The second-order valence-electron chi connectivity index (χ2n) is 13.3. The Morgan fingerprint density at radius 2 is 0.492 bits per heavy atom. The van der Waals surface area contributed by atoms with Crippen molar-refractivity contribution >= 4 is 46.1 Å². The van der Waals surface area contributed by atoms with Crippen molar-refractivity contribution in [2.75, 3.05) is 79.3 Å². The molecule has 0 aliphatic heterocycles. The number of hydrogen-bond acceptors (Lipinski definition) is 9. The highest BCUT2D eigenvalue weighted by Gasteiger charge is 2.33. The molecule has 0 saturated heterocycles. The fourth-order valence-electron chi connectivity index (χ4n) is 6.49. The molecule has 0 spiro atoms. The van der Waals surface area contributed by atoms with E-state index in [1.165, 1.54) is 0 Å². The summed E-state index contributed by atoms with van der Waals surface area (Å²) in [5.74, 6) is 1.16. The van der Waals surface area contributed by atoms with Gasteiger partial charge in [-0.25, -0.2) is 0 Å². The predicted molar refractivity (Wildman–Crippen MR) is 237 cm³/mol. The zero-order valence-corrected chi connectivity index (χ0v) is 35.0. The van der Waals surface area contributed by atoms with E-state index in [0.29, 0.717) is 101 Å². The highest BCUT2D eigenvalue weighted by atomic mass is 31.2. The van der Waals surface area contributed by atoms with Gasteiger partial charge in [0.15, 0.2) is 14.3 Å². The third-order valence-corrected chi connectivity index (χ3v) is 15.5. The molecule has 0 saturated carbocycles. The zero-order valence-electron chi connectivity index (χ0n) is 33.2. The molecule has 0 aliphatic rings. The fraction of sp³-hybridized carbons (Fsp3) is 0.250. The molecular weight excluding hydrogens is 782 g/mol. The van der Waals surface area contributed by atoms with Crippen LogP contribution in [0.25, 0.3) is 0 Å². The molecule has 0 heterocycles. The third kappa shape index (κ3) is 12.1. The van der Waals surface area contributed by atoms with Crippen molar-refractivity contribution in [3.63, 3.8) is 0 Å². The Morgan fingerprint density at radius 3 is 0.763 bits per heavy atom. The molecule has 0 amide bonds. The summed E-state index contributed by atoms with van der Waals surface area (Å²) in [6, 6.07) is 53.3. The topological polar surface area (TPSA) is 98.8 Å². The van der Waals surface area contributed by atoms with Crippen LogP contribution in [0.5, 0.6) is 11.5 Å². The highest BCUT2D eigenvalue weighted by molar-refractivity contribution is 7.86. The molecule has 59 heavy (non-hydrogen) atoms. The monoisotopic (exact) mass is 834 g/mol. The maximum atomic E-state index is 14.8. The van der Waals surface area contributed by atoms with Gasteiger partial charge >= 0.3 is 0 Å².